The van der Waals surface area contributed by atoms with Crippen molar-refractivity contribution in [3.8, 4) is 17.5 Å². The number of amides is 2. The van der Waals surface area contributed by atoms with E-state index in [0.717, 1.165) is 5.56 Å². The number of carbonyl (C=O) groups is 2. The molecule has 1 aromatic heterocycles. The number of nitrogens with two attached hydrogens (primary N) is 1. The zero-order valence-electron chi connectivity index (χ0n) is 21.6. The third kappa shape index (κ3) is 8.12. The van der Waals surface area contributed by atoms with Gasteiger partial charge in [-0.05, 0) is 65.6 Å². The zero-order valence-corrected chi connectivity index (χ0v) is 24.0. The van der Waals surface area contributed by atoms with Gasteiger partial charge in [0.05, 0.1) is 32.6 Å². The summed E-state index contributed by atoms with van der Waals surface area (Å²) >= 11 is 14.1. The Labute approximate surface area is 235 Å². The Morgan fingerprint density at radius 2 is 1.84 bits per heavy atom. The second-order valence-electron chi connectivity index (χ2n) is 10.1. The first kappa shape index (κ1) is 29.3. The maximum atomic E-state index is 12.6. The number of thioether (sulfide) groups is 1. The summed E-state index contributed by atoms with van der Waals surface area (Å²) in [5, 5.41) is 15.8. The van der Waals surface area contributed by atoms with Crippen molar-refractivity contribution in [1.82, 2.24) is 20.2 Å². The third-order valence-corrected chi connectivity index (χ3v) is 6.71. The number of halogens is 2. The molecule has 0 aliphatic carbocycles. The number of anilines is 1. The van der Waals surface area contributed by atoms with Gasteiger partial charge in [-0.15, -0.1) is 5.10 Å². The maximum Gasteiger partial charge on any atom is 0.404 e. The molecule has 0 spiro atoms. The van der Waals surface area contributed by atoms with Crippen molar-refractivity contribution in [3.63, 3.8) is 0 Å². The number of tetrazole rings is 1. The summed E-state index contributed by atoms with van der Waals surface area (Å²) in [5.41, 5.74) is 7.15. The minimum atomic E-state index is -0.851. The molecule has 0 aliphatic heterocycles. The lowest BCUT2D eigenvalue weighted by Gasteiger charge is -2.20. The summed E-state index contributed by atoms with van der Waals surface area (Å²) in [4.78, 5) is 23.4. The van der Waals surface area contributed by atoms with Gasteiger partial charge in [-0.3, -0.25) is 4.79 Å². The van der Waals surface area contributed by atoms with Gasteiger partial charge >= 0.3 is 6.09 Å². The number of hydrogen-bond acceptors (Lipinski definition) is 7. The molecule has 0 saturated carbocycles. The van der Waals surface area contributed by atoms with Gasteiger partial charge in [0.1, 0.15) is 6.61 Å². The number of rotatable bonds is 7. The van der Waals surface area contributed by atoms with Crippen molar-refractivity contribution >= 4 is 52.7 Å². The van der Waals surface area contributed by atoms with Crippen molar-refractivity contribution in [1.29, 1.82) is 0 Å². The van der Waals surface area contributed by atoms with Crippen molar-refractivity contribution in [2.24, 2.45) is 11.1 Å². The Morgan fingerprint density at radius 1 is 1.11 bits per heavy atom. The largest absolute Gasteiger partial charge is 0.448 e. The normalized spacial score (nSPS) is 11.4. The molecule has 0 unspecified atom stereocenters. The second-order valence-corrected chi connectivity index (χ2v) is 11.8. The number of benzene rings is 2. The molecule has 3 aromatic rings. The Hall–Kier alpha value is -3.26. The highest BCUT2D eigenvalue weighted by atomic mass is 35.5. The molecule has 0 aliphatic rings. The number of carbonyl (C=O) groups excluding carboxylic acids is 2. The molecule has 200 valence electrons. The van der Waals surface area contributed by atoms with E-state index in [1.54, 1.807) is 18.2 Å². The average molecular weight is 576 g/mol. The van der Waals surface area contributed by atoms with Crippen LogP contribution in [0, 0.1) is 17.3 Å². The van der Waals surface area contributed by atoms with E-state index in [1.807, 2.05) is 32.0 Å². The van der Waals surface area contributed by atoms with Gasteiger partial charge in [0, 0.05) is 5.56 Å². The summed E-state index contributed by atoms with van der Waals surface area (Å²) in [5.74, 6) is 5.77. The Balaban J connectivity index is 1.63. The van der Waals surface area contributed by atoms with Crippen LogP contribution >= 0.6 is 35.0 Å². The van der Waals surface area contributed by atoms with Crippen LogP contribution in [0.4, 0.5) is 10.5 Å². The van der Waals surface area contributed by atoms with Gasteiger partial charge in [0.2, 0.25) is 11.1 Å². The first-order chi connectivity index (χ1) is 17.7. The van der Waals surface area contributed by atoms with Crippen LogP contribution < -0.4 is 11.1 Å². The van der Waals surface area contributed by atoms with E-state index in [0.29, 0.717) is 32.1 Å². The van der Waals surface area contributed by atoms with E-state index in [-0.39, 0.29) is 23.7 Å². The molecule has 0 fully saturated rings. The molecule has 0 saturated heterocycles. The molecule has 12 heteroatoms. The minimum absolute atomic E-state index is 0.0456. The third-order valence-electron chi connectivity index (χ3n) is 5.18. The van der Waals surface area contributed by atoms with Crippen molar-refractivity contribution in [3.05, 3.63) is 57.6 Å². The average Bonchev–Trinajstić information content (AvgIpc) is 3.29. The number of primary amides is 1. The van der Waals surface area contributed by atoms with Crippen LogP contribution in [-0.4, -0.2) is 44.6 Å². The van der Waals surface area contributed by atoms with Crippen LogP contribution in [0.5, 0.6) is 0 Å². The van der Waals surface area contributed by atoms with Crippen molar-refractivity contribution in [2.75, 3.05) is 17.7 Å². The molecule has 0 atom stereocenters. The molecule has 0 bridgehead atoms. The summed E-state index contributed by atoms with van der Waals surface area (Å²) in [6.07, 6.45) is -0.851. The first-order valence-corrected chi connectivity index (χ1v) is 13.3. The molecule has 2 amide bonds. The predicted octanol–water partition coefficient (Wildman–Crippen LogP) is 5.47. The Bertz CT molecular complexity index is 1410. The monoisotopic (exact) mass is 574 g/mol. The van der Waals surface area contributed by atoms with Gasteiger partial charge in [0.15, 0.2) is 0 Å². The smallest absolute Gasteiger partial charge is 0.404 e. The fraction of sp³-hybridized carbons (Fsp3) is 0.346. The quantitative estimate of drug-likeness (QED) is 0.283. The van der Waals surface area contributed by atoms with E-state index in [4.69, 9.17) is 33.7 Å². The number of hydrogen-bond donors (Lipinski definition) is 2. The van der Waals surface area contributed by atoms with Gasteiger partial charge in [-0.1, -0.05) is 73.6 Å². The van der Waals surface area contributed by atoms with Crippen LogP contribution in [-0.2, 0) is 14.9 Å². The molecule has 2 aromatic carbocycles. The summed E-state index contributed by atoms with van der Waals surface area (Å²) in [7, 11) is 0. The summed E-state index contributed by atoms with van der Waals surface area (Å²) in [6, 6.07) is 10.8. The van der Waals surface area contributed by atoms with Crippen LogP contribution in [0.2, 0.25) is 10.0 Å². The molecular formula is C26H28Cl2N6O3S. The molecule has 3 rings (SSSR count). The van der Waals surface area contributed by atoms with Crippen LogP contribution in [0.3, 0.4) is 0 Å². The predicted molar refractivity (Wildman–Crippen MR) is 150 cm³/mol. The molecule has 0 radical (unpaired) electrons. The topological polar surface area (TPSA) is 125 Å². The van der Waals surface area contributed by atoms with E-state index in [2.05, 4.69) is 53.5 Å². The lowest BCUT2D eigenvalue weighted by Crippen LogP contribution is -2.23. The molecule has 9 nitrogen and oxygen atoms in total. The van der Waals surface area contributed by atoms with E-state index in [9.17, 15) is 9.59 Å². The van der Waals surface area contributed by atoms with Gasteiger partial charge in [-0.2, -0.15) is 4.68 Å². The van der Waals surface area contributed by atoms with Crippen LogP contribution in [0.15, 0.2) is 41.6 Å². The maximum absolute atomic E-state index is 12.6. The lowest BCUT2D eigenvalue weighted by molar-refractivity contribution is -0.113. The van der Waals surface area contributed by atoms with E-state index >= 15 is 0 Å². The lowest BCUT2D eigenvalue weighted by atomic mass is 9.87. The Morgan fingerprint density at radius 3 is 2.47 bits per heavy atom. The second kappa shape index (κ2) is 12.1. The number of aromatic nitrogens is 4. The zero-order chi connectivity index (χ0) is 28.1. The Kier molecular flexibility index (Phi) is 9.31. The standard InChI is InChI=1S/C26H28Cl2N6O3S/c1-25(2,3)17-7-9-21(19(28)13-17)34-24(31-32-33-34)38-14-22(35)30-20-8-6-16(12-18(20)27)10-11-26(4,5)15-37-23(29)36/h6-9,12-13H,14-15H2,1-5H3,(H2,29,36)(H,30,35). The fourth-order valence-electron chi connectivity index (χ4n) is 3.10. The first-order valence-electron chi connectivity index (χ1n) is 11.5. The molecule has 38 heavy (non-hydrogen) atoms. The highest BCUT2D eigenvalue weighted by molar-refractivity contribution is 7.99. The van der Waals surface area contributed by atoms with Gasteiger partial charge in [0.25, 0.3) is 0 Å². The SMILES string of the molecule is CC(C)(C#Cc1ccc(NC(=O)CSc2nnnn2-c2ccc(C(C)(C)C)cc2Cl)c(Cl)c1)COC(N)=O. The van der Waals surface area contributed by atoms with Gasteiger partial charge < -0.3 is 15.8 Å². The minimum Gasteiger partial charge on any atom is -0.448 e. The van der Waals surface area contributed by atoms with Gasteiger partial charge in [-0.25, -0.2) is 4.79 Å². The number of nitrogens with one attached hydrogen (secondary N) is 1. The molecule has 3 N–H and O–H groups in total. The van der Waals surface area contributed by atoms with E-state index in [1.165, 1.54) is 16.4 Å². The highest BCUT2D eigenvalue weighted by Crippen LogP contribution is 2.30. The van der Waals surface area contributed by atoms with Crippen molar-refractivity contribution in [2.45, 2.75) is 45.2 Å². The fourth-order valence-corrected chi connectivity index (χ4v) is 4.28. The molecule has 1 heterocycles. The summed E-state index contributed by atoms with van der Waals surface area (Å²) < 4.78 is 6.33. The van der Waals surface area contributed by atoms with Crippen LogP contribution in [0.25, 0.3) is 5.69 Å². The number of ether oxygens (including phenoxy) is 1. The summed E-state index contributed by atoms with van der Waals surface area (Å²) in [6.45, 7) is 10.0. The van der Waals surface area contributed by atoms with E-state index < -0.39 is 11.5 Å². The highest BCUT2D eigenvalue weighted by Gasteiger charge is 2.19. The van der Waals surface area contributed by atoms with Crippen molar-refractivity contribution < 1.29 is 14.3 Å². The number of nitrogens with zero attached hydrogens (tertiary/aromatic N) is 4. The van der Waals surface area contributed by atoms with Crippen LogP contribution in [0.1, 0.15) is 45.7 Å². The molecular weight excluding hydrogens is 547 g/mol.